The number of halogens is 5. The van der Waals surface area contributed by atoms with Gasteiger partial charge in [0.1, 0.15) is 52.4 Å². The summed E-state index contributed by atoms with van der Waals surface area (Å²) in [6, 6.07) is 84.0. The number of fused-ring (bicyclic) bond motifs is 5. The van der Waals surface area contributed by atoms with Crippen LogP contribution in [-0.4, -0.2) is 135 Å². The van der Waals surface area contributed by atoms with Crippen LogP contribution in [0.15, 0.2) is 298 Å². The van der Waals surface area contributed by atoms with Crippen LogP contribution in [0.4, 0.5) is 17.6 Å². The summed E-state index contributed by atoms with van der Waals surface area (Å²) >= 11 is 6.30. The Hall–Kier alpha value is -14.4. The molecule has 4 fully saturated rings. The van der Waals surface area contributed by atoms with Crippen LogP contribution in [0.5, 0.6) is 0 Å². The monoisotopic (exact) mass is 1960 g/mol. The third-order valence-electron chi connectivity index (χ3n) is 27.4. The molecular weight excluding hydrogens is 1830 g/mol. The van der Waals surface area contributed by atoms with E-state index in [1.54, 1.807) is 75.4 Å². The minimum absolute atomic E-state index is 0.0767. The molecule has 11 aromatic carbocycles. The van der Waals surface area contributed by atoms with Crippen molar-refractivity contribution < 1.29 is 41.5 Å². The molecule has 4 saturated carbocycles. The number of carbonyl (C=O) groups excluding carboxylic acids is 5. The Morgan fingerprint density at radius 3 is 1.12 bits per heavy atom. The summed E-state index contributed by atoms with van der Waals surface area (Å²) < 4.78 is 66.1. The molecule has 25 heteroatoms. The number of para-hydroxylation sites is 11. The van der Waals surface area contributed by atoms with Gasteiger partial charge in [-0.3, -0.25) is 28.5 Å². The van der Waals surface area contributed by atoms with E-state index in [0.717, 1.165) is 160 Å². The number of imidazole rings is 5. The minimum Gasteiger partial charge on any atom is -0.335 e. The summed E-state index contributed by atoms with van der Waals surface area (Å²) in [6.07, 6.45) is 25.0. The Balaban J connectivity index is 0.000000129. The number of benzene rings is 11. The lowest BCUT2D eigenvalue weighted by Crippen LogP contribution is -2.34. The van der Waals surface area contributed by atoms with Crippen molar-refractivity contribution >= 4 is 96.3 Å². The standard InChI is InChI=1S/C27H28ClN3O.C23H26FN3O.2C23H24FN3O.C23H26FN3O/c1-20(2)18-30(27(32)17-16-21-10-6-7-13-23(21)28)19-26-29-24-14-8-9-15-25(24)31(26)22-11-4-3-5-12-22;2*1-2-14-26(23(28)17-8-7-9-18(24)15-17)16-22-25-20-12-5-6-13-21(20)27(22)19-10-3-4-11-19;1-2-15-26(23(28)18-11-5-6-12-19(18)24)16-22-25-20-13-7-8-14-21(20)27(22)17-9-3-4-10-17;1-2-15-26(23(28)17-11-13-18(24)14-12-17)16-22-25-20-9-5-6-10-21(20)27(22)19-7-3-4-8-19/h3-15,20H,16-19H2,1-2H3;5-9,12-13,15,19H,2-4,10-11,14,16H2,1H3;2,5-9,12-13,15,19H,1,3-4,10-11,14,16H2;2,5-8,11-14,17H,1,3-4,9-10,15-16H2;5-6,9-14,19H,2-4,7-8,15-16H2,1H3. The van der Waals surface area contributed by atoms with Crippen LogP contribution in [0.3, 0.4) is 0 Å². The van der Waals surface area contributed by atoms with E-state index in [4.69, 9.17) is 36.5 Å². The van der Waals surface area contributed by atoms with Gasteiger partial charge in [-0.25, -0.2) is 42.5 Å². The quantitative estimate of drug-likeness (QED) is 0.0290. The molecule has 744 valence electrons. The smallest absolute Gasteiger partial charge is 0.257 e. The van der Waals surface area contributed by atoms with Gasteiger partial charge in [0.25, 0.3) is 23.6 Å². The molecule has 20 rings (SSSR count). The highest BCUT2D eigenvalue weighted by Crippen LogP contribution is 2.40. The van der Waals surface area contributed by atoms with Crippen LogP contribution in [0.1, 0.15) is 250 Å². The molecule has 5 aromatic heterocycles. The van der Waals surface area contributed by atoms with Gasteiger partial charge in [0, 0.05) is 90.7 Å². The molecule has 4 aliphatic rings. The average Bonchev–Trinajstić information content (AvgIpc) is 1.64. The van der Waals surface area contributed by atoms with Gasteiger partial charge < -0.3 is 42.8 Å². The van der Waals surface area contributed by atoms with Crippen molar-refractivity contribution in [2.75, 3.05) is 32.7 Å². The molecule has 0 bridgehead atoms. The number of aryl methyl sites for hydroxylation is 1. The maximum atomic E-state index is 14.2. The van der Waals surface area contributed by atoms with E-state index >= 15 is 0 Å². The lowest BCUT2D eigenvalue weighted by molar-refractivity contribution is -0.132. The van der Waals surface area contributed by atoms with E-state index in [9.17, 15) is 41.5 Å². The number of amides is 5. The zero-order chi connectivity index (χ0) is 101. The summed E-state index contributed by atoms with van der Waals surface area (Å²) in [5, 5.41) is 0.710. The zero-order valence-corrected chi connectivity index (χ0v) is 83.5. The molecule has 0 radical (unpaired) electrons. The molecule has 16 aromatic rings. The fraction of sp³-hybridized carbons (Fsp3) is 0.328. The maximum Gasteiger partial charge on any atom is 0.257 e. The van der Waals surface area contributed by atoms with Crippen molar-refractivity contribution in [2.24, 2.45) is 5.92 Å². The van der Waals surface area contributed by atoms with Crippen molar-refractivity contribution in [1.82, 2.24) is 72.3 Å². The van der Waals surface area contributed by atoms with Crippen molar-refractivity contribution in [3.63, 3.8) is 0 Å². The van der Waals surface area contributed by atoms with Gasteiger partial charge in [-0.1, -0.05) is 224 Å². The second-order valence-electron chi connectivity index (χ2n) is 38.2. The number of aromatic nitrogens is 10. The summed E-state index contributed by atoms with van der Waals surface area (Å²) in [7, 11) is 0. The first-order valence-corrected chi connectivity index (χ1v) is 51.4. The first kappa shape index (κ1) is 103. The van der Waals surface area contributed by atoms with E-state index in [1.807, 2.05) is 150 Å². The van der Waals surface area contributed by atoms with Crippen LogP contribution in [0, 0.1) is 29.2 Å². The molecule has 0 atom stereocenters. The number of hydrogen-bond donors (Lipinski definition) is 0. The second kappa shape index (κ2) is 49.5. The molecule has 5 heterocycles. The third kappa shape index (κ3) is 25.1. The van der Waals surface area contributed by atoms with E-state index in [-0.39, 0.29) is 46.7 Å². The third-order valence-corrected chi connectivity index (χ3v) is 27.8. The van der Waals surface area contributed by atoms with Gasteiger partial charge in [-0.15, -0.1) is 13.2 Å². The number of hydrogen-bond acceptors (Lipinski definition) is 10. The number of carbonyl (C=O) groups is 5. The van der Waals surface area contributed by atoms with Crippen molar-refractivity contribution in [3.05, 3.63) is 384 Å². The fourth-order valence-electron chi connectivity index (χ4n) is 20.8. The van der Waals surface area contributed by atoms with E-state index in [2.05, 4.69) is 99.2 Å². The van der Waals surface area contributed by atoms with Gasteiger partial charge >= 0.3 is 0 Å². The maximum absolute atomic E-state index is 14.2. The van der Waals surface area contributed by atoms with Gasteiger partial charge in [0.15, 0.2) is 0 Å². The van der Waals surface area contributed by atoms with Crippen molar-refractivity contribution in [3.8, 4) is 5.69 Å². The Morgan fingerprint density at radius 2 is 0.715 bits per heavy atom. The number of rotatable bonds is 32. The lowest BCUT2D eigenvalue weighted by atomic mass is 10.1. The highest BCUT2D eigenvalue weighted by Gasteiger charge is 2.33. The van der Waals surface area contributed by atoms with Crippen molar-refractivity contribution in [2.45, 2.75) is 213 Å². The summed E-state index contributed by atoms with van der Waals surface area (Å²) in [4.78, 5) is 98.6. The van der Waals surface area contributed by atoms with Crippen LogP contribution < -0.4 is 0 Å². The Kier molecular flexibility index (Phi) is 35.3. The van der Waals surface area contributed by atoms with Gasteiger partial charge in [-0.05, 0) is 234 Å². The predicted octanol–water partition coefficient (Wildman–Crippen LogP) is 27.2. The molecular formula is C119H128ClF4N15O5. The molecule has 0 spiro atoms. The highest BCUT2D eigenvalue weighted by atomic mass is 35.5. The first-order valence-electron chi connectivity index (χ1n) is 51.0. The van der Waals surface area contributed by atoms with Crippen LogP contribution in [0.2, 0.25) is 5.02 Å². The molecule has 0 unspecified atom stereocenters. The minimum atomic E-state index is -0.508. The SMILES string of the molecule is C=CCN(Cc1nc2ccccc2n1C1CCCC1)C(=O)c1cccc(F)c1.C=CCN(Cc1nc2ccccc2n1C1CCCC1)C(=O)c1ccccc1F.CC(C)CN(Cc1nc2ccccc2n1-c1ccccc1)C(=O)CCc1ccccc1Cl.CCCN(Cc1nc2ccccc2n1C1CCCC1)C(=O)c1ccc(F)cc1.CCCN(Cc1nc2ccccc2n1C1CCCC1)C(=O)c1cccc(F)c1. The normalized spacial score (nSPS) is 13.8. The van der Waals surface area contributed by atoms with Gasteiger partial charge in [0.2, 0.25) is 5.91 Å². The van der Waals surface area contributed by atoms with E-state index in [1.165, 1.54) is 99.9 Å². The van der Waals surface area contributed by atoms with E-state index in [0.29, 0.717) is 130 Å². The topological polar surface area (TPSA) is 191 Å². The molecule has 144 heavy (non-hydrogen) atoms. The summed E-state index contributed by atoms with van der Waals surface area (Å²) in [6.45, 7) is 20.6. The van der Waals surface area contributed by atoms with Gasteiger partial charge in [0.05, 0.1) is 93.5 Å². The molecule has 4 aliphatic carbocycles. The molecule has 0 saturated heterocycles. The first-order chi connectivity index (χ1) is 70.2. The predicted molar refractivity (Wildman–Crippen MR) is 566 cm³/mol. The Morgan fingerprint density at radius 1 is 0.368 bits per heavy atom. The zero-order valence-electron chi connectivity index (χ0n) is 82.8. The van der Waals surface area contributed by atoms with Crippen molar-refractivity contribution in [1.29, 1.82) is 0 Å². The molecule has 0 aliphatic heterocycles. The van der Waals surface area contributed by atoms with E-state index < -0.39 is 11.6 Å². The summed E-state index contributed by atoms with van der Waals surface area (Å²) in [5.41, 5.74) is 13.7. The van der Waals surface area contributed by atoms with Crippen LogP contribution in [-0.2, 0) is 43.9 Å². The Bertz CT molecular complexity index is 7080. The highest BCUT2D eigenvalue weighted by molar-refractivity contribution is 6.31. The number of nitrogens with zero attached hydrogens (tertiary/aromatic N) is 15. The summed E-state index contributed by atoms with van der Waals surface area (Å²) in [5.74, 6) is 2.49. The second-order valence-corrected chi connectivity index (χ2v) is 38.6. The largest absolute Gasteiger partial charge is 0.335 e. The average molecular weight is 1960 g/mol. The molecule has 0 N–H and O–H groups in total. The fourth-order valence-corrected chi connectivity index (χ4v) is 21.0. The van der Waals surface area contributed by atoms with Gasteiger partial charge in [-0.2, -0.15) is 0 Å². The Labute approximate surface area is 845 Å². The van der Waals surface area contributed by atoms with Crippen LogP contribution >= 0.6 is 11.6 Å². The lowest BCUT2D eigenvalue weighted by Gasteiger charge is -2.25. The van der Waals surface area contributed by atoms with Crippen LogP contribution in [0.25, 0.3) is 60.9 Å². The molecule has 5 amide bonds. The molecule has 20 nitrogen and oxygen atoms in total.